The average Bonchev–Trinajstić information content (AvgIpc) is 2.78. The van der Waals surface area contributed by atoms with Gasteiger partial charge in [0, 0.05) is 12.6 Å². The summed E-state index contributed by atoms with van der Waals surface area (Å²) in [6.45, 7) is 1.02. The van der Waals surface area contributed by atoms with E-state index in [4.69, 9.17) is 10.3 Å². The zero-order valence-corrected chi connectivity index (χ0v) is 15.7. The third-order valence-corrected chi connectivity index (χ3v) is 6.83. The maximum atomic E-state index is 12.6. The van der Waals surface area contributed by atoms with E-state index in [0.29, 0.717) is 29.7 Å². The van der Waals surface area contributed by atoms with Gasteiger partial charge in [0.05, 0.1) is 6.04 Å². The Balaban J connectivity index is 1.53. The molecule has 4 atom stereocenters. The second kappa shape index (κ2) is 7.69. The Morgan fingerprint density at radius 2 is 2.00 bits per heavy atom. The van der Waals surface area contributed by atoms with Gasteiger partial charge in [-0.25, -0.2) is 9.10 Å². The first-order valence-electron chi connectivity index (χ1n) is 9.40. The minimum absolute atomic E-state index is 0.0808. The van der Waals surface area contributed by atoms with Crippen LogP contribution in [0, 0.1) is 5.92 Å². The van der Waals surface area contributed by atoms with Gasteiger partial charge in [0.2, 0.25) is 0 Å². The van der Waals surface area contributed by atoms with Gasteiger partial charge >= 0.3 is 16.3 Å². The van der Waals surface area contributed by atoms with Crippen molar-refractivity contribution in [3.8, 4) is 0 Å². The molecule has 2 saturated heterocycles. The highest BCUT2D eigenvalue weighted by Gasteiger charge is 2.60. The van der Waals surface area contributed by atoms with E-state index >= 15 is 0 Å². The molecular formula is C16H28N4O5S. The molecule has 0 aromatic rings. The molecule has 0 bridgehead atoms. The smallest absolute Gasteiger partial charge is 0.335 e. The van der Waals surface area contributed by atoms with E-state index in [1.165, 1.54) is 4.90 Å². The van der Waals surface area contributed by atoms with Gasteiger partial charge < -0.3 is 16.0 Å². The molecule has 2 heterocycles. The maximum Gasteiger partial charge on any atom is 0.362 e. The van der Waals surface area contributed by atoms with Crippen LogP contribution < -0.4 is 11.1 Å². The Hall–Kier alpha value is -1.39. The summed E-state index contributed by atoms with van der Waals surface area (Å²) in [6, 6.07) is -1.65. The van der Waals surface area contributed by atoms with Gasteiger partial charge in [-0.3, -0.25) is 9.35 Å². The van der Waals surface area contributed by atoms with Gasteiger partial charge in [0.1, 0.15) is 6.04 Å². The minimum Gasteiger partial charge on any atom is -0.335 e. The van der Waals surface area contributed by atoms with E-state index in [9.17, 15) is 18.0 Å². The first kappa shape index (κ1) is 19.4. The Kier molecular flexibility index (Phi) is 5.73. The van der Waals surface area contributed by atoms with Crippen molar-refractivity contribution < 1.29 is 22.6 Å². The molecule has 1 saturated carbocycles. The Bertz CT molecular complexity index is 655. The summed E-state index contributed by atoms with van der Waals surface area (Å²) < 4.78 is 32.1. The van der Waals surface area contributed by atoms with E-state index in [0.717, 1.165) is 44.9 Å². The van der Waals surface area contributed by atoms with Crippen molar-refractivity contribution in [2.45, 2.75) is 69.5 Å². The molecule has 4 N–H and O–H groups in total. The third-order valence-electron chi connectivity index (χ3n) is 5.88. The summed E-state index contributed by atoms with van der Waals surface area (Å²) in [6.07, 6.45) is 7.62. The molecule has 3 fully saturated rings. The standard InChI is InChI=1S/C16H28N4O5S/c17-9-2-4-11-3-1-5-12(7-6-11)18-16(22)19-10-8-13-14(19)15(21)20(13)26(23,24)25/h11-14H,1-10,17H2,(H,18,22)(H,23,24,25)/t11?,12?,13?,14-/m0/s1. The van der Waals surface area contributed by atoms with Crippen molar-refractivity contribution in [2.24, 2.45) is 11.7 Å². The van der Waals surface area contributed by atoms with E-state index < -0.39 is 28.3 Å². The zero-order valence-electron chi connectivity index (χ0n) is 14.8. The normalized spacial score (nSPS) is 32.0. The number of hydrogen-bond donors (Lipinski definition) is 3. The largest absolute Gasteiger partial charge is 0.362 e. The summed E-state index contributed by atoms with van der Waals surface area (Å²) in [5.41, 5.74) is 5.58. The summed E-state index contributed by atoms with van der Waals surface area (Å²) in [4.78, 5) is 26.0. The second-order valence-electron chi connectivity index (χ2n) is 7.56. The van der Waals surface area contributed by atoms with Gasteiger partial charge in [-0.2, -0.15) is 8.42 Å². The number of fused-ring (bicyclic) bond motifs is 1. The topological polar surface area (TPSA) is 133 Å². The Morgan fingerprint density at radius 3 is 2.69 bits per heavy atom. The number of carbonyl (C=O) groups is 2. The maximum absolute atomic E-state index is 12.6. The number of rotatable bonds is 5. The number of β-lactam (4-membered cyclic amide) rings is 1. The fourth-order valence-corrected chi connectivity index (χ4v) is 5.42. The van der Waals surface area contributed by atoms with E-state index in [1.54, 1.807) is 0 Å². The van der Waals surface area contributed by atoms with Gasteiger partial charge in [-0.1, -0.05) is 12.8 Å². The predicted octanol–water partition coefficient (Wildman–Crippen LogP) is 0.472. The van der Waals surface area contributed by atoms with Crippen LogP contribution in [0.1, 0.15) is 51.4 Å². The Morgan fingerprint density at radius 1 is 1.23 bits per heavy atom. The molecule has 0 spiro atoms. The highest BCUT2D eigenvalue weighted by atomic mass is 32.2. The quantitative estimate of drug-likeness (QED) is 0.356. The lowest BCUT2D eigenvalue weighted by molar-refractivity contribution is -0.143. The predicted molar refractivity (Wildman–Crippen MR) is 94.5 cm³/mol. The molecule has 1 aliphatic carbocycles. The summed E-state index contributed by atoms with van der Waals surface area (Å²) in [5.74, 6) is -0.0685. The first-order valence-corrected chi connectivity index (χ1v) is 10.8. The number of amides is 3. The van der Waals surface area contributed by atoms with Gasteiger partial charge in [0.15, 0.2) is 0 Å². The molecule has 3 rings (SSSR count). The van der Waals surface area contributed by atoms with Crippen LogP contribution in [0.5, 0.6) is 0 Å². The van der Waals surface area contributed by atoms with Crippen LogP contribution >= 0.6 is 0 Å². The molecular weight excluding hydrogens is 360 g/mol. The zero-order chi connectivity index (χ0) is 18.9. The number of urea groups is 1. The van der Waals surface area contributed by atoms with Crippen molar-refractivity contribution in [1.82, 2.24) is 14.5 Å². The monoisotopic (exact) mass is 388 g/mol. The molecule has 3 unspecified atom stereocenters. The van der Waals surface area contributed by atoms with Crippen LogP contribution in [-0.4, -0.2) is 65.3 Å². The highest BCUT2D eigenvalue weighted by molar-refractivity contribution is 7.84. The molecule has 0 aromatic carbocycles. The lowest BCUT2D eigenvalue weighted by Gasteiger charge is -2.42. The van der Waals surface area contributed by atoms with Crippen LogP contribution in [-0.2, 0) is 15.1 Å². The van der Waals surface area contributed by atoms with Gasteiger partial charge in [-0.05, 0) is 51.0 Å². The lowest BCUT2D eigenvalue weighted by Crippen LogP contribution is -2.69. The number of nitrogens with two attached hydrogens (primary N) is 1. The average molecular weight is 388 g/mol. The lowest BCUT2D eigenvalue weighted by atomic mass is 9.95. The highest BCUT2D eigenvalue weighted by Crippen LogP contribution is 2.35. The third kappa shape index (κ3) is 3.81. The number of nitrogens with zero attached hydrogens (tertiary/aromatic N) is 2. The van der Waals surface area contributed by atoms with Crippen molar-refractivity contribution in [2.75, 3.05) is 13.1 Å². The summed E-state index contributed by atoms with van der Waals surface area (Å²) in [5, 5.41) is 3.02. The second-order valence-corrected chi connectivity index (χ2v) is 8.85. The molecule has 0 radical (unpaired) electrons. The molecule has 9 nitrogen and oxygen atoms in total. The van der Waals surface area contributed by atoms with Crippen molar-refractivity contribution in [1.29, 1.82) is 0 Å². The van der Waals surface area contributed by atoms with Crippen molar-refractivity contribution in [3.05, 3.63) is 0 Å². The van der Waals surface area contributed by atoms with Gasteiger partial charge in [0.25, 0.3) is 5.91 Å². The minimum atomic E-state index is -4.55. The van der Waals surface area contributed by atoms with Gasteiger partial charge in [-0.15, -0.1) is 0 Å². The van der Waals surface area contributed by atoms with E-state index in [1.807, 2.05) is 0 Å². The molecule has 2 aliphatic heterocycles. The van der Waals surface area contributed by atoms with Crippen LogP contribution in [0.15, 0.2) is 0 Å². The molecule has 0 aromatic heterocycles. The fourth-order valence-electron chi connectivity index (χ4n) is 4.52. The Labute approximate surface area is 154 Å². The van der Waals surface area contributed by atoms with E-state index in [2.05, 4.69) is 5.32 Å². The molecule has 26 heavy (non-hydrogen) atoms. The van der Waals surface area contributed by atoms with E-state index in [-0.39, 0.29) is 12.1 Å². The SMILES string of the molecule is NCCCC1CCCC(NC(=O)N2CCC3[C@H]2C(=O)N3S(=O)(=O)O)CC1. The number of carbonyl (C=O) groups excluding carboxylic acids is 2. The van der Waals surface area contributed by atoms with Crippen LogP contribution in [0.2, 0.25) is 0 Å². The molecule has 3 amide bonds. The summed E-state index contributed by atoms with van der Waals surface area (Å²) >= 11 is 0. The number of likely N-dealkylation sites (tertiary alicyclic amines) is 1. The molecule has 3 aliphatic rings. The number of hydrogen-bond acceptors (Lipinski definition) is 5. The summed E-state index contributed by atoms with van der Waals surface area (Å²) in [7, 11) is -4.55. The van der Waals surface area contributed by atoms with Crippen LogP contribution in [0.3, 0.4) is 0 Å². The first-order chi connectivity index (χ1) is 12.3. The van der Waals surface area contributed by atoms with Crippen LogP contribution in [0.4, 0.5) is 4.79 Å². The molecule has 10 heteroatoms. The van der Waals surface area contributed by atoms with Crippen LogP contribution in [0.25, 0.3) is 0 Å². The fraction of sp³-hybridized carbons (Fsp3) is 0.875. The van der Waals surface area contributed by atoms with Crippen molar-refractivity contribution >= 4 is 22.2 Å². The number of nitrogens with one attached hydrogen (secondary N) is 1. The van der Waals surface area contributed by atoms with Crippen molar-refractivity contribution in [3.63, 3.8) is 0 Å². The molecule has 148 valence electrons.